The average molecular weight is 348 g/mol. The first-order valence-corrected chi connectivity index (χ1v) is 7.78. The molecule has 1 N–H and O–H groups in total. The van der Waals surface area contributed by atoms with Crippen molar-refractivity contribution in [2.75, 3.05) is 11.9 Å². The summed E-state index contributed by atoms with van der Waals surface area (Å²) in [4.78, 5) is 23.7. The van der Waals surface area contributed by atoms with Crippen LogP contribution in [-0.4, -0.2) is 24.6 Å². The smallest absolute Gasteiger partial charge is 0.347 e. The third kappa shape index (κ3) is 5.28. The first kappa shape index (κ1) is 17.8. The highest BCUT2D eigenvalue weighted by Crippen LogP contribution is 2.19. The lowest BCUT2D eigenvalue weighted by Crippen LogP contribution is -2.29. The second-order valence-corrected chi connectivity index (χ2v) is 5.62. The van der Waals surface area contributed by atoms with E-state index in [4.69, 9.17) is 21.1 Å². The Balaban J connectivity index is 1.81. The summed E-state index contributed by atoms with van der Waals surface area (Å²) in [6.45, 7) is 3.00. The molecule has 0 aliphatic heterocycles. The van der Waals surface area contributed by atoms with Gasteiger partial charge in [-0.2, -0.15) is 0 Å². The lowest BCUT2D eigenvalue weighted by molar-refractivity contribution is -0.153. The number of halogens is 1. The summed E-state index contributed by atoms with van der Waals surface area (Å²) in [7, 11) is 0. The predicted octanol–water partition coefficient (Wildman–Crippen LogP) is 3.60. The summed E-state index contributed by atoms with van der Waals surface area (Å²) in [5, 5.41) is 3.25. The number of rotatable bonds is 6. The van der Waals surface area contributed by atoms with Crippen LogP contribution in [0.25, 0.3) is 0 Å². The third-order valence-corrected chi connectivity index (χ3v) is 3.43. The fraction of sp³-hybridized carbons (Fsp3) is 0.222. The second kappa shape index (κ2) is 8.36. The zero-order chi connectivity index (χ0) is 17.5. The maximum atomic E-state index is 11.9. The zero-order valence-corrected chi connectivity index (χ0v) is 14.2. The number of nitrogens with one attached hydrogen (secondary N) is 1. The third-order valence-electron chi connectivity index (χ3n) is 3.20. The minimum absolute atomic E-state index is 0.386. The minimum Gasteiger partial charge on any atom is -0.479 e. The van der Waals surface area contributed by atoms with Gasteiger partial charge in [-0.05, 0) is 49.7 Å². The molecule has 0 unspecified atom stereocenters. The molecule has 2 rings (SSSR count). The molecule has 0 radical (unpaired) electrons. The summed E-state index contributed by atoms with van der Waals surface area (Å²) in [6.07, 6.45) is -0.808. The lowest BCUT2D eigenvalue weighted by atomic mass is 10.2. The quantitative estimate of drug-likeness (QED) is 0.811. The highest BCUT2D eigenvalue weighted by Gasteiger charge is 2.18. The molecule has 0 aliphatic carbocycles. The fourth-order valence-corrected chi connectivity index (χ4v) is 2.19. The number of hydrogen-bond acceptors (Lipinski definition) is 4. The molecule has 2 aromatic rings. The van der Waals surface area contributed by atoms with Crippen molar-refractivity contribution in [3.63, 3.8) is 0 Å². The topological polar surface area (TPSA) is 64.6 Å². The van der Waals surface area contributed by atoms with Crippen LogP contribution in [0.15, 0.2) is 48.5 Å². The van der Waals surface area contributed by atoms with E-state index in [1.165, 1.54) is 0 Å². The van der Waals surface area contributed by atoms with Crippen LogP contribution in [0.3, 0.4) is 0 Å². The predicted molar refractivity (Wildman–Crippen MR) is 92.3 cm³/mol. The zero-order valence-electron chi connectivity index (χ0n) is 13.4. The first-order chi connectivity index (χ1) is 11.5. The second-order valence-electron chi connectivity index (χ2n) is 5.19. The number of aryl methyl sites for hydroxylation is 1. The number of carbonyl (C=O) groups is 2. The summed E-state index contributed by atoms with van der Waals surface area (Å²) < 4.78 is 10.4. The Kier molecular flexibility index (Phi) is 6.21. The molecule has 1 atom stereocenters. The van der Waals surface area contributed by atoms with E-state index in [0.717, 1.165) is 5.56 Å². The molecule has 0 saturated heterocycles. The Bertz CT molecular complexity index is 718. The highest BCUT2D eigenvalue weighted by atomic mass is 35.5. The van der Waals surface area contributed by atoms with Gasteiger partial charge in [0.2, 0.25) is 0 Å². The van der Waals surface area contributed by atoms with Gasteiger partial charge in [0.25, 0.3) is 5.91 Å². The monoisotopic (exact) mass is 347 g/mol. The van der Waals surface area contributed by atoms with Gasteiger partial charge in [-0.3, -0.25) is 4.79 Å². The van der Waals surface area contributed by atoms with Gasteiger partial charge >= 0.3 is 5.97 Å². The molecular formula is C18H18ClNO4. The van der Waals surface area contributed by atoms with Gasteiger partial charge in [0.15, 0.2) is 12.7 Å². The molecule has 0 saturated carbocycles. The van der Waals surface area contributed by atoms with Crippen LogP contribution >= 0.6 is 11.6 Å². The Hall–Kier alpha value is -2.53. The number of carbonyl (C=O) groups excluding carboxylic acids is 2. The van der Waals surface area contributed by atoms with Gasteiger partial charge in [0, 0.05) is 10.7 Å². The Labute approximate surface area is 145 Å². The number of esters is 1. The van der Waals surface area contributed by atoms with Gasteiger partial charge in [0.05, 0.1) is 0 Å². The number of para-hydroxylation sites is 1. The Morgan fingerprint density at radius 2 is 1.88 bits per heavy atom. The van der Waals surface area contributed by atoms with E-state index in [0.29, 0.717) is 16.5 Å². The van der Waals surface area contributed by atoms with Crippen molar-refractivity contribution in [2.24, 2.45) is 0 Å². The molecule has 5 nitrogen and oxygen atoms in total. The minimum atomic E-state index is -0.808. The van der Waals surface area contributed by atoms with Crippen LogP contribution in [0.5, 0.6) is 5.75 Å². The normalized spacial score (nSPS) is 11.5. The molecule has 126 valence electrons. The van der Waals surface area contributed by atoms with Crippen LogP contribution in [-0.2, 0) is 14.3 Å². The van der Waals surface area contributed by atoms with Crippen molar-refractivity contribution in [1.82, 2.24) is 0 Å². The van der Waals surface area contributed by atoms with Crippen molar-refractivity contribution in [3.05, 3.63) is 59.1 Å². The molecule has 0 spiro atoms. The summed E-state index contributed by atoms with van der Waals surface area (Å²) in [5.74, 6) is -0.481. The van der Waals surface area contributed by atoms with Gasteiger partial charge in [-0.1, -0.05) is 29.8 Å². The molecular weight excluding hydrogens is 330 g/mol. The summed E-state index contributed by atoms with van der Waals surface area (Å²) in [6, 6.07) is 14.0. The van der Waals surface area contributed by atoms with Crippen molar-refractivity contribution in [3.8, 4) is 5.75 Å². The van der Waals surface area contributed by atoms with Crippen molar-refractivity contribution >= 4 is 29.2 Å². The largest absolute Gasteiger partial charge is 0.479 e. The molecule has 24 heavy (non-hydrogen) atoms. The van der Waals surface area contributed by atoms with Crippen molar-refractivity contribution in [2.45, 2.75) is 20.0 Å². The Morgan fingerprint density at radius 1 is 1.17 bits per heavy atom. The van der Waals surface area contributed by atoms with Crippen LogP contribution in [0.4, 0.5) is 5.69 Å². The van der Waals surface area contributed by atoms with Gasteiger partial charge < -0.3 is 14.8 Å². The van der Waals surface area contributed by atoms with Crippen LogP contribution in [0, 0.1) is 6.92 Å². The molecule has 2 aromatic carbocycles. The standard InChI is InChI=1S/C18H18ClNO4/c1-12-10-14(19)8-9-16(12)20-17(21)11-23-18(22)13(2)24-15-6-4-3-5-7-15/h3-10,13H,11H2,1-2H3,(H,20,21)/t13-/m1/s1. The van der Waals surface area contributed by atoms with Gasteiger partial charge in [0.1, 0.15) is 5.75 Å². The average Bonchev–Trinajstić information content (AvgIpc) is 2.56. The Morgan fingerprint density at radius 3 is 2.54 bits per heavy atom. The lowest BCUT2D eigenvalue weighted by Gasteiger charge is -2.14. The maximum absolute atomic E-state index is 11.9. The van der Waals surface area contributed by atoms with Crippen LogP contribution in [0.2, 0.25) is 5.02 Å². The molecule has 6 heteroatoms. The number of hydrogen-bond donors (Lipinski definition) is 1. The molecule has 0 aliphatic rings. The number of anilines is 1. The van der Waals surface area contributed by atoms with Crippen LogP contribution < -0.4 is 10.1 Å². The summed E-state index contributed by atoms with van der Waals surface area (Å²) in [5.41, 5.74) is 1.44. The molecule has 0 bridgehead atoms. The highest BCUT2D eigenvalue weighted by molar-refractivity contribution is 6.30. The van der Waals surface area contributed by atoms with E-state index in [-0.39, 0.29) is 6.61 Å². The maximum Gasteiger partial charge on any atom is 0.347 e. The van der Waals surface area contributed by atoms with E-state index in [2.05, 4.69) is 5.32 Å². The van der Waals surface area contributed by atoms with E-state index in [9.17, 15) is 9.59 Å². The first-order valence-electron chi connectivity index (χ1n) is 7.40. The number of amides is 1. The SMILES string of the molecule is Cc1cc(Cl)ccc1NC(=O)COC(=O)[C@@H](C)Oc1ccccc1. The van der Waals surface area contributed by atoms with E-state index in [1.807, 2.05) is 13.0 Å². The van der Waals surface area contributed by atoms with E-state index < -0.39 is 18.0 Å². The number of ether oxygens (including phenoxy) is 2. The number of benzene rings is 2. The van der Waals surface area contributed by atoms with Gasteiger partial charge in [-0.15, -0.1) is 0 Å². The fourth-order valence-electron chi connectivity index (χ4n) is 1.96. The van der Waals surface area contributed by atoms with Gasteiger partial charge in [-0.25, -0.2) is 4.79 Å². The summed E-state index contributed by atoms with van der Waals surface area (Å²) >= 11 is 5.86. The molecule has 1 amide bonds. The molecule has 0 heterocycles. The van der Waals surface area contributed by atoms with Crippen molar-refractivity contribution < 1.29 is 19.1 Å². The van der Waals surface area contributed by atoms with Crippen LogP contribution in [0.1, 0.15) is 12.5 Å². The van der Waals surface area contributed by atoms with E-state index in [1.54, 1.807) is 49.4 Å². The molecule has 0 aromatic heterocycles. The van der Waals surface area contributed by atoms with E-state index >= 15 is 0 Å². The van der Waals surface area contributed by atoms with Crippen molar-refractivity contribution in [1.29, 1.82) is 0 Å². The molecule has 0 fully saturated rings.